The molecule has 0 saturated heterocycles. The van der Waals surface area contributed by atoms with Gasteiger partial charge in [0.15, 0.2) is 0 Å². The van der Waals surface area contributed by atoms with Crippen LogP contribution in [0.4, 0.5) is 10.5 Å². The van der Waals surface area contributed by atoms with Gasteiger partial charge in [0.2, 0.25) is 5.91 Å². The third kappa shape index (κ3) is 8.03. The molecule has 0 atom stereocenters. The van der Waals surface area contributed by atoms with Gasteiger partial charge in [-0.15, -0.1) is 0 Å². The zero-order valence-corrected chi connectivity index (χ0v) is 19.6. The third-order valence-electron chi connectivity index (χ3n) is 4.41. The molecule has 3 amide bonds. The molecule has 2 rings (SSSR count). The van der Waals surface area contributed by atoms with Crippen molar-refractivity contribution >= 4 is 23.6 Å². The first-order valence-corrected chi connectivity index (χ1v) is 10.5. The van der Waals surface area contributed by atoms with E-state index in [1.54, 1.807) is 57.2 Å². The quantitative estimate of drug-likeness (QED) is 0.531. The summed E-state index contributed by atoms with van der Waals surface area (Å²) in [6.45, 7) is 5.59. The van der Waals surface area contributed by atoms with Crippen molar-refractivity contribution < 1.29 is 28.6 Å². The van der Waals surface area contributed by atoms with Crippen LogP contribution in [0.1, 0.15) is 43.1 Å². The molecule has 9 heteroatoms. The van der Waals surface area contributed by atoms with Crippen LogP contribution in [-0.2, 0) is 16.1 Å². The zero-order chi connectivity index (χ0) is 24.4. The van der Waals surface area contributed by atoms with Crippen LogP contribution in [0.3, 0.4) is 0 Å². The molecule has 0 aliphatic rings. The first kappa shape index (κ1) is 25.5. The Kier molecular flexibility index (Phi) is 9.08. The van der Waals surface area contributed by atoms with Gasteiger partial charge in [-0.05, 0) is 44.5 Å². The highest BCUT2D eigenvalue weighted by atomic mass is 16.6. The SMILES string of the molecule is COc1cccc(OC)c1C(=O)NCc1ccccc1NC(=O)CCNC(=O)OC(C)(C)C. The van der Waals surface area contributed by atoms with Crippen molar-refractivity contribution in [2.75, 3.05) is 26.1 Å². The average molecular weight is 458 g/mol. The Labute approximate surface area is 193 Å². The summed E-state index contributed by atoms with van der Waals surface area (Å²) < 4.78 is 15.7. The fraction of sp³-hybridized carbons (Fsp3) is 0.375. The van der Waals surface area contributed by atoms with Crippen molar-refractivity contribution in [1.29, 1.82) is 0 Å². The summed E-state index contributed by atoms with van der Waals surface area (Å²) in [4.78, 5) is 36.8. The van der Waals surface area contributed by atoms with E-state index in [-0.39, 0.29) is 36.9 Å². The van der Waals surface area contributed by atoms with Crippen LogP contribution in [0.25, 0.3) is 0 Å². The second-order valence-electron chi connectivity index (χ2n) is 8.10. The Morgan fingerprint density at radius 1 is 0.879 bits per heavy atom. The lowest BCUT2D eigenvalue weighted by atomic mass is 10.1. The lowest BCUT2D eigenvalue weighted by Gasteiger charge is -2.19. The third-order valence-corrected chi connectivity index (χ3v) is 4.41. The summed E-state index contributed by atoms with van der Waals surface area (Å²) in [5.74, 6) is 0.139. The van der Waals surface area contributed by atoms with E-state index in [0.29, 0.717) is 22.7 Å². The number of amides is 3. The van der Waals surface area contributed by atoms with Crippen LogP contribution in [-0.4, -0.2) is 44.3 Å². The number of hydrogen-bond acceptors (Lipinski definition) is 6. The largest absolute Gasteiger partial charge is 0.496 e. The number of alkyl carbamates (subject to hydrolysis) is 1. The summed E-state index contributed by atoms with van der Waals surface area (Å²) in [6.07, 6.45) is -0.511. The monoisotopic (exact) mass is 457 g/mol. The maximum absolute atomic E-state index is 12.8. The summed E-state index contributed by atoms with van der Waals surface area (Å²) in [7, 11) is 2.96. The van der Waals surface area contributed by atoms with Gasteiger partial charge in [0.05, 0.1) is 14.2 Å². The lowest BCUT2D eigenvalue weighted by Crippen LogP contribution is -2.34. The normalized spacial score (nSPS) is 10.7. The molecule has 33 heavy (non-hydrogen) atoms. The summed E-state index contributed by atoms with van der Waals surface area (Å²) in [5.41, 5.74) is 0.959. The molecular weight excluding hydrogens is 426 g/mol. The van der Waals surface area contributed by atoms with Gasteiger partial charge >= 0.3 is 6.09 Å². The second-order valence-corrected chi connectivity index (χ2v) is 8.10. The molecule has 9 nitrogen and oxygen atoms in total. The molecule has 0 radical (unpaired) electrons. The molecule has 0 aliphatic carbocycles. The van der Waals surface area contributed by atoms with Crippen molar-refractivity contribution in [3.63, 3.8) is 0 Å². The fourth-order valence-corrected chi connectivity index (χ4v) is 2.94. The maximum atomic E-state index is 12.8. The molecule has 178 valence electrons. The van der Waals surface area contributed by atoms with Crippen molar-refractivity contribution in [3.05, 3.63) is 53.6 Å². The number of ether oxygens (including phenoxy) is 3. The minimum atomic E-state index is -0.608. The van der Waals surface area contributed by atoms with Gasteiger partial charge in [0, 0.05) is 25.2 Å². The van der Waals surface area contributed by atoms with Gasteiger partial charge < -0.3 is 30.2 Å². The molecule has 0 aliphatic heterocycles. The molecule has 3 N–H and O–H groups in total. The number of carbonyl (C=O) groups is 3. The Bertz CT molecular complexity index is 962. The smallest absolute Gasteiger partial charge is 0.407 e. The number of rotatable bonds is 9. The van der Waals surface area contributed by atoms with Crippen molar-refractivity contribution in [3.8, 4) is 11.5 Å². The molecule has 0 unspecified atom stereocenters. The second kappa shape index (κ2) is 11.8. The molecule has 2 aromatic carbocycles. The zero-order valence-electron chi connectivity index (χ0n) is 19.6. The summed E-state index contributed by atoms with van der Waals surface area (Å²) in [6, 6.07) is 12.2. The molecule has 0 fully saturated rings. The highest BCUT2D eigenvalue weighted by Crippen LogP contribution is 2.28. The van der Waals surface area contributed by atoms with E-state index in [1.165, 1.54) is 14.2 Å². The number of para-hydroxylation sites is 1. The van der Waals surface area contributed by atoms with Crippen LogP contribution in [0.2, 0.25) is 0 Å². The van der Waals surface area contributed by atoms with E-state index in [0.717, 1.165) is 0 Å². The van der Waals surface area contributed by atoms with Crippen molar-refractivity contribution in [2.45, 2.75) is 39.3 Å². The highest BCUT2D eigenvalue weighted by molar-refractivity contribution is 6.00. The predicted octanol–water partition coefficient (Wildman–Crippen LogP) is 3.49. The van der Waals surface area contributed by atoms with E-state index in [4.69, 9.17) is 14.2 Å². The molecule has 0 saturated carbocycles. The molecule has 0 heterocycles. The first-order chi connectivity index (χ1) is 15.6. The molecule has 0 spiro atoms. The van der Waals surface area contributed by atoms with E-state index in [9.17, 15) is 14.4 Å². The van der Waals surface area contributed by atoms with Crippen LogP contribution < -0.4 is 25.4 Å². The molecular formula is C24H31N3O6. The van der Waals surface area contributed by atoms with Gasteiger partial charge in [-0.3, -0.25) is 9.59 Å². The number of carbonyl (C=O) groups excluding carboxylic acids is 3. The van der Waals surface area contributed by atoms with E-state index in [2.05, 4.69) is 16.0 Å². The first-order valence-electron chi connectivity index (χ1n) is 10.5. The Hall–Kier alpha value is -3.75. The van der Waals surface area contributed by atoms with E-state index < -0.39 is 11.7 Å². The summed E-state index contributed by atoms with van der Waals surface area (Å²) in [5, 5.41) is 8.19. The van der Waals surface area contributed by atoms with E-state index >= 15 is 0 Å². The summed E-state index contributed by atoms with van der Waals surface area (Å²) >= 11 is 0. The Morgan fingerprint density at radius 2 is 1.52 bits per heavy atom. The van der Waals surface area contributed by atoms with Gasteiger partial charge in [-0.25, -0.2) is 4.79 Å². The minimum absolute atomic E-state index is 0.0678. The standard InChI is InChI=1S/C24H31N3O6/c1-24(2,3)33-23(30)25-14-13-20(28)27-17-10-7-6-9-16(17)15-26-22(29)21-18(31-4)11-8-12-19(21)32-5/h6-12H,13-15H2,1-5H3,(H,25,30)(H,26,29)(H,27,28). The topological polar surface area (TPSA) is 115 Å². The Morgan fingerprint density at radius 3 is 2.12 bits per heavy atom. The lowest BCUT2D eigenvalue weighted by molar-refractivity contribution is -0.116. The fourth-order valence-electron chi connectivity index (χ4n) is 2.94. The molecule has 2 aromatic rings. The van der Waals surface area contributed by atoms with Crippen molar-refractivity contribution in [1.82, 2.24) is 10.6 Å². The van der Waals surface area contributed by atoms with Gasteiger partial charge in [-0.2, -0.15) is 0 Å². The number of hydrogen-bond donors (Lipinski definition) is 3. The van der Waals surface area contributed by atoms with Crippen LogP contribution in [0, 0.1) is 0 Å². The number of methoxy groups -OCH3 is 2. The van der Waals surface area contributed by atoms with Crippen molar-refractivity contribution in [2.24, 2.45) is 0 Å². The Balaban J connectivity index is 1.96. The molecule has 0 bridgehead atoms. The van der Waals surface area contributed by atoms with Gasteiger partial charge in [0.1, 0.15) is 22.7 Å². The van der Waals surface area contributed by atoms with Crippen LogP contribution >= 0.6 is 0 Å². The van der Waals surface area contributed by atoms with Crippen LogP contribution in [0.15, 0.2) is 42.5 Å². The number of nitrogens with one attached hydrogen (secondary N) is 3. The van der Waals surface area contributed by atoms with Gasteiger partial charge in [-0.1, -0.05) is 24.3 Å². The minimum Gasteiger partial charge on any atom is -0.496 e. The van der Waals surface area contributed by atoms with Gasteiger partial charge in [0.25, 0.3) is 5.91 Å². The number of anilines is 1. The van der Waals surface area contributed by atoms with E-state index in [1.807, 2.05) is 6.07 Å². The maximum Gasteiger partial charge on any atom is 0.407 e. The number of benzene rings is 2. The predicted molar refractivity (Wildman–Crippen MR) is 125 cm³/mol. The average Bonchev–Trinajstić information content (AvgIpc) is 2.76. The van der Waals surface area contributed by atoms with Crippen LogP contribution in [0.5, 0.6) is 11.5 Å². The highest BCUT2D eigenvalue weighted by Gasteiger charge is 2.19. The molecule has 0 aromatic heterocycles.